The van der Waals surface area contributed by atoms with Gasteiger partial charge in [0.05, 0.1) is 16.1 Å². The fourth-order valence-corrected chi connectivity index (χ4v) is 5.57. The van der Waals surface area contributed by atoms with E-state index in [9.17, 15) is 9.59 Å². The van der Waals surface area contributed by atoms with Crippen molar-refractivity contribution in [2.45, 2.75) is 82.8 Å². The number of rotatable bonds is 12. The third-order valence-corrected chi connectivity index (χ3v) is 7.51. The first-order valence-corrected chi connectivity index (χ1v) is 13.1. The molecule has 3 rings (SSSR count). The molecule has 0 aromatic heterocycles. The summed E-state index contributed by atoms with van der Waals surface area (Å²) in [7, 11) is 0. The zero-order chi connectivity index (χ0) is 22.8. The van der Waals surface area contributed by atoms with Gasteiger partial charge in [0.2, 0.25) is 5.12 Å². The molecule has 0 aliphatic carbocycles. The van der Waals surface area contributed by atoms with Crippen molar-refractivity contribution < 1.29 is 14.3 Å². The molecule has 0 radical (unpaired) electrons. The summed E-state index contributed by atoms with van der Waals surface area (Å²) >= 11 is 1.33. The van der Waals surface area contributed by atoms with E-state index in [1.54, 1.807) is 6.08 Å². The zero-order valence-corrected chi connectivity index (χ0v) is 20.5. The summed E-state index contributed by atoms with van der Waals surface area (Å²) < 4.78 is 5.53. The highest BCUT2D eigenvalue weighted by Gasteiger charge is 2.39. The summed E-state index contributed by atoms with van der Waals surface area (Å²) in [6, 6.07) is 7.96. The molecule has 1 aromatic rings. The number of para-hydroxylation sites is 2. The summed E-state index contributed by atoms with van der Waals surface area (Å²) in [4.78, 5) is 27.1. The average Bonchev–Trinajstić information content (AvgIpc) is 3.09. The minimum absolute atomic E-state index is 0.0179. The summed E-state index contributed by atoms with van der Waals surface area (Å²) in [6.07, 6.45) is 13.4. The highest BCUT2D eigenvalue weighted by Crippen LogP contribution is 2.44. The number of carbonyl (C=O) groups is 2. The second-order valence-corrected chi connectivity index (χ2v) is 10.6. The monoisotopic (exact) mass is 458 g/mol. The molecule has 1 unspecified atom stereocenters. The number of piperidine rings is 1. The van der Waals surface area contributed by atoms with Gasteiger partial charge in [0.1, 0.15) is 5.76 Å². The molecule has 0 bridgehead atoms. The molecule has 1 N–H and O–H groups in total. The highest BCUT2D eigenvalue weighted by molar-refractivity contribution is 8.15. The van der Waals surface area contributed by atoms with Crippen LogP contribution in [-0.4, -0.2) is 35.5 Å². The summed E-state index contributed by atoms with van der Waals surface area (Å²) in [5.74, 6) is 0.446. The zero-order valence-electron chi connectivity index (χ0n) is 19.7. The van der Waals surface area contributed by atoms with Gasteiger partial charge in [-0.1, -0.05) is 69.3 Å². The van der Waals surface area contributed by atoms with Gasteiger partial charge in [0.25, 0.3) is 5.91 Å². The first-order chi connectivity index (χ1) is 15.5. The number of amides is 1. The van der Waals surface area contributed by atoms with Crippen molar-refractivity contribution in [3.63, 3.8) is 0 Å². The fraction of sp³-hybridized carbons (Fsp3) is 0.615. The second-order valence-electron chi connectivity index (χ2n) is 9.08. The number of unbranched alkanes of at least 4 members (excludes halogenated alkanes) is 5. The van der Waals surface area contributed by atoms with Crippen molar-refractivity contribution in [2.24, 2.45) is 0 Å². The van der Waals surface area contributed by atoms with E-state index in [0.29, 0.717) is 5.76 Å². The van der Waals surface area contributed by atoms with Gasteiger partial charge in [-0.3, -0.25) is 9.59 Å². The Morgan fingerprint density at radius 3 is 2.59 bits per heavy atom. The van der Waals surface area contributed by atoms with Gasteiger partial charge in [-0.25, -0.2) is 0 Å². The maximum Gasteiger partial charge on any atom is 0.262 e. The molecule has 1 aromatic carbocycles. The minimum atomic E-state index is -0.367. The van der Waals surface area contributed by atoms with E-state index in [4.69, 9.17) is 4.74 Å². The number of thioether (sulfide) groups is 1. The summed E-state index contributed by atoms with van der Waals surface area (Å²) in [6.45, 7) is 6.24. The predicted molar refractivity (Wildman–Crippen MR) is 134 cm³/mol. The molecule has 2 aliphatic heterocycles. The molecule has 0 saturated carbocycles. The third-order valence-electron chi connectivity index (χ3n) is 6.34. The summed E-state index contributed by atoms with van der Waals surface area (Å²) in [5, 5.41) is 3.04. The Kier molecular flexibility index (Phi) is 9.51. The van der Waals surface area contributed by atoms with Gasteiger partial charge < -0.3 is 15.0 Å². The SMILES string of the molecule is CCCCCCCCC1(C)SC(=O)C=C1OCC(=O)Nc1ccccc1N1CCCCC1. The van der Waals surface area contributed by atoms with Crippen LogP contribution in [0.3, 0.4) is 0 Å². The number of hydrogen-bond acceptors (Lipinski definition) is 5. The molecule has 5 nitrogen and oxygen atoms in total. The van der Waals surface area contributed by atoms with Crippen molar-refractivity contribution in [2.75, 3.05) is 29.9 Å². The Bertz CT molecular complexity index is 804. The van der Waals surface area contributed by atoms with Gasteiger partial charge in [-0.05, 0) is 44.7 Å². The molecule has 2 heterocycles. The van der Waals surface area contributed by atoms with E-state index in [1.807, 2.05) is 18.2 Å². The van der Waals surface area contributed by atoms with E-state index in [-0.39, 0.29) is 22.4 Å². The van der Waals surface area contributed by atoms with Crippen LogP contribution in [0.1, 0.15) is 78.1 Å². The maximum atomic E-state index is 12.7. The number of nitrogens with one attached hydrogen (secondary N) is 1. The van der Waals surface area contributed by atoms with Gasteiger partial charge in [0, 0.05) is 19.2 Å². The molecular formula is C26H38N2O3S. The summed E-state index contributed by atoms with van der Waals surface area (Å²) in [5.41, 5.74) is 1.89. The number of carbonyl (C=O) groups excluding carboxylic acids is 2. The normalized spacial score (nSPS) is 20.9. The number of nitrogens with zero attached hydrogens (tertiary/aromatic N) is 1. The van der Waals surface area contributed by atoms with Crippen molar-refractivity contribution in [1.29, 1.82) is 0 Å². The Balaban J connectivity index is 1.51. The van der Waals surface area contributed by atoms with Gasteiger partial charge in [-0.2, -0.15) is 0 Å². The van der Waals surface area contributed by atoms with Crippen molar-refractivity contribution >= 4 is 34.2 Å². The van der Waals surface area contributed by atoms with Crippen LogP contribution in [0.25, 0.3) is 0 Å². The van der Waals surface area contributed by atoms with E-state index in [1.165, 1.54) is 63.1 Å². The number of benzene rings is 1. The molecule has 1 atom stereocenters. The van der Waals surface area contributed by atoms with Crippen LogP contribution in [-0.2, 0) is 14.3 Å². The molecule has 6 heteroatoms. The standard InChI is InChI=1S/C26H38N2O3S/c1-3-4-5-6-7-11-16-26(2)23(19-25(30)32-26)31-20-24(29)27-21-14-9-10-15-22(21)28-17-12-8-13-18-28/h9-10,14-15,19H,3-8,11-13,16-18,20H2,1-2H3,(H,27,29). The molecule has 1 amide bonds. The smallest absolute Gasteiger partial charge is 0.262 e. The lowest BCUT2D eigenvalue weighted by molar-refractivity contribution is -0.119. The topological polar surface area (TPSA) is 58.6 Å². The number of hydrogen-bond donors (Lipinski definition) is 1. The van der Waals surface area contributed by atoms with Crippen LogP contribution in [0.4, 0.5) is 11.4 Å². The van der Waals surface area contributed by atoms with Crippen molar-refractivity contribution in [3.05, 3.63) is 36.1 Å². The van der Waals surface area contributed by atoms with Gasteiger partial charge >= 0.3 is 0 Å². The lowest BCUT2D eigenvalue weighted by Gasteiger charge is -2.30. The first-order valence-electron chi connectivity index (χ1n) is 12.2. The minimum Gasteiger partial charge on any atom is -0.486 e. The average molecular weight is 459 g/mol. The second kappa shape index (κ2) is 12.3. The van der Waals surface area contributed by atoms with E-state index in [0.717, 1.165) is 37.3 Å². The number of anilines is 2. The lowest BCUT2D eigenvalue weighted by Crippen LogP contribution is -2.31. The molecule has 0 spiro atoms. The Morgan fingerprint density at radius 1 is 1.09 bits per heavy atom. The van der Waals surface area contributed by atoms with Gasteiger partial charge in [0.15, 0.2) is 6.61 Å². The third kappa shape index (κ3) is 7.03. The maximum absolute atomic E-state index is 12.7. The Hall–Kier alpha value is -1.95. The molecule has 2 aliphatic rings. The van der Waals surface area contributed by atoms with Gasteiger partial charge in [-0.15, -0.1) is 0 Å². The van der Waals surface area contributed by atoms with Crippen LogP contribution >= 0.6 is 11.8 Å². The first kappa shape index (κ1) is 24.7. The Morgan fingerprint density at radius 2 is 1.81 bits per heavy atom. The molecule has 1 fully saturated rings. The van der Waals surface area contributed by atoms with Crippen LogP contribution < -0.4 is 10.2 Å². The quantitative estimate of drug-likeness (QED) is 0.373. The van der Waals surface area contributed by atoms with Crippen LogP contribution in [0.15, 0.2) is 36.1 Å². The van der Waals surface area contributed by atoms with E-state index in [2.05, 4.69) is 30.1 Å². The molecule has 32 heavy (non-hydrogen) atoms. The van der Waals surface area contributed by atoms with Crippen LogP contribution in [0.5, 0.6) is 0 Å². The van der Waals surface area contributed by atoms with E-state index >= 15 is 0 Å². The molecule has 1 saturated heterocycles. The molecular weight excluding hydrogens is 420 g/mol. The molecule has 176 valence electrons. The van der Waals surface area contributed by atoms with Crippen molar-refractivity contribution in [1.82, 2.24) is 0 Å². The predicted octanol–water partition coefficient (Wildman–Crippen LogP) is 6.30. The fourth-order valence-electron chi connectivity index (χ4n) is 4.49. The Labute approximate surface area is 197 Å². The van der Waals surface area contributed by atoms with E-state index < -0.39 is 0 Å². The lowest BCUT2D eigenvalue weighted by atomic mass is 9.99. The number of ether oxygens (including phenoxy) is 1. The van der Waals surface area contributed by atoms with Crippen LogP contribution in [0.2, 0.25) is 0 Å². The van der Waals surface area contributed by atoms with Crippen molar-refractivity contribution in [3.8, 4) is 0 Å². The van der Waals surface area contributed by atoms with Crippen LogP contribution in [0, 0.1) is 0 Å². The largest absolute Gasteiger partial charge is 0.486 e. The highest BCUT2D eigenvalue weighted by atomic mass is 32.2.